The molecular weight excluding hydrogens is 857 g/mol. The highest BCUT2D eigenvalue weighted by Gasteiger charge is 2.47. The van der Waals surface area contributed by atoms with Gasteiger partial charge in [-0.1, -0.05) is 154 Å². The summed E-state index contributed by atoms with van der Waals surface area (Å²) in [6, 6.07) is 36.5. The van der Waals surface area contributed by atoms with Gasteiger partial charge in [0.05, 0.1) is 17.5 Å². The summed E-state index contributed by atoms with van der Waals surface area (Å²) < 4.78 is 12.5. The minimum atomic E-state index is -1.61. The van der Waals surface area contributed by atoms with Crippen LogP contribution >= 0.6 is 0 Å². The molecule has 1 heterocycles. The topological polar surface area (TPSA) is 168 Å². The zero-order chi connectivity index (χ0) is 49.4. The van der Waals surface area contributed by atoms with E-state index < -0.39 is 17.7 Å². The third-order valence-electron chi connectivity index (χ3n) is 11.2. The molecule has 0 aromatic heterocycles. The first-order chi connectivity index (χ1) is 32.6. The van der Waals surface area contributed by atoms with Gasteiger partial charge in [-0.25, -0.2) is 9.59 Å². The first kappa shape index (κ1) is 51.3. The van der Waals surface area contributed by atoms with E-state index in [4.69, 9.17) is 9.47 Å². The first-order valence-electron chi connectivity index (χ1n) is 23.0. The zero-order valence-electron chi connectivity index (χ0n) is 39.6. The normalized spacial score (nSPS) is 13.4. The summed E-state index contributed by atoms with van der Waals surface area (Å²) in [5, 5.41) is 41.4. The van der Waals surface area contributed by atoms with Crippen molar-refractivity contribution in [3.8, 4) is 57.1 Å². The Balaban J connectivity index is 0.000000218. The molecule has 6 aromatic rings. The highest BCUT2D eigenvalue weighted by Crippen LogP contribution is 2.50. The van der Waals surface area contributed by atoms with Gasteiger partial charge in [0.15, 0.2) is 5.75 Å². The van der Waals surface area contributed by atoms with Crippen LogP contribution < -0.4 is 4.74 Å². The van der Waals surface area contributed by atoms with Gasteiger partial charge in [0.25, 0.3) is 5.79 Å². The maximum atomic E-state index is 13.6. The highest BCUT2D eigenvalue weighted by molar-refractivity contribution is 6.00. The van der Waals surface area contributed by atoms with Gasteiger partial charge >= 0.3 is 11.9 Å². The minimum absolute atomic E-state index is 0.0373. The van der Waals surface area contributed by atoms with Gasteiger partial charge in [-0.2, -0.15) is 0 Å². The fourth-order valence-corrected chi connectivity index (χ4v) is 8.04. The Bertz CT molecular complexity index is 2800. The van der Waals surface area contributed by atoms with Gasteiger partial charge in [0, 0.05) is 18.1 Å². The standard InChI is InChI=1S/C29H30O5.C19H22O4.C10H8O/c1-4-5-7-12-22-17-24(31)25(21-13-10-11-19(2)16-21)27-26(22)28(32)34-29(33-27,18-20(3)30)23-14-8-6-9-15-23;1-3-4-5-8-14-11-15(20)16(18(21)17(14)19(22)23)13-9-6-7-12(2)10-13;1-9(11)7-8-10-5-3-2-4-6-10/h6,8-11,13-17,31H,4-5,7,12,18H2,1-3H3;6-7,9-11,20-21H,3-5,8H2,1-2H3,(H,22,23);2-6H,1H3. The van der Waals surface area contributed by atoms with E-state index in [0.717, 1.165) is 60.8 Å². The van der Waals surface area contributed by atoms with Crippen LogP contribution in [-0.2, 0) is 33.0 Å². The van der Waals surface area contributed by atoms with Crippen LogP contribution in [0.4, 0.5) is 0 Å². The molecule has 4 N–H and O–H groups in total. The van der Waals surface area contributed by atoms with Gasteiger partial charge in [-0.15, -0.1) is 0 Å². The number of carbonyl (C=O) groups is 4. The van der Waals surface area contributed by atoms with Crippen molar-refractivity contribution < 1.29 is 49.1 Å². The Morgan fingerprint density at radius 1 is 0.618 bits per heavy atom. The smallest absolute Gasteiger partial charge is 0.345 e. The Labute approximate surface area is 399 Å². The number of unbranched alkanes of at least 4 members (excludes halogenated alkanes) is 4. The number of phenols is 3. The van der Waals surface area contributed by atoms with E-state index in [2.05, 4.69) is 25.7 Å². The number of fused-ring (bicyclic) bond motifs is 1. The van der Waals surface area contributed by atoms with Crippen molar-refractivity contribution in [2.45, 2.75) is 105 Å². The number of aromatic carboxylic acids is 1. The van der Waals surface area contributed by atoms with Crippen LogP contribution in [0.1, 0.15) is 127 Å². The monoisotopic (exact) mass is 916 g/mol. The molecule has 0 aliphatic carbocycles. The van der Waals surface area contributed by atoms with Crippen LogP contribution in [0.2, 0.25) is 0 Å². The number of carboxylic acid groups (broad SMARTS) is 1. The number of rotatable bonds is 14. The average molecular weight is 917 g/mol. The van der Waals surface area contributed by atoms with Gasteiger partial charge in [-0.05, 0) is 98.9 Å². The second kappa shape index (κ2) is 24.2. The lowest BCUT2D eigenvalue weighted by molar-refractivity contribution is -0.171. The lowest BCUT2D eigenvalue weighted by Gasteiger charge is -2.39. The van der Waals surface area contributed by atoms with Gasteiger partial charge in [0.1, 0.15) is 34.2 Å². The second-order valence-electron chi connectivity index (χ2n) is 16.9. The molecule has 1 aliphatic heterocycles. The van der Waals surface area contributed by atoms with Crippen molar-refractivity contribution in [1.82, 2.24) is 0 Å². The molecule has 6 aromatic carbocycles. The van der Waals surface area contributed by atoms with E-state index in [1.54, 1.807) is 36.4 Å². The number of hydrogen-bond donors (Lipinski definition) is 4. The number of ketones is 2. The van der Waals surface area contributed by atoms with Crippen molar-refractivity contribution in [2.24, 2.45) is 0 Å². The quantitative estimate of drug-likeness (QED) is 0.0469. The molecule has 0 spiro atoms. The number of phenolic OH excluding ortho intramolecular Hbond substituents is 2. The fourth-order valence-electron chi connectivity index (χ4n) is 8.04. The Morgan fingerprint density at radius 3 is 1.68 bits per heavy atom. The van der Waals surface area contributed by atoms with E-state index in [0.29, 0.717) is 46.2 Å². The van der Waals surface area contributed by atoms with E-state index in [1.807, 2.05) is 92.7 Å². The second-order valence-corrected chi connectivity index (χ2v) is 16.9. The maximum Gasteiger partial charge on any atom is 0.345 e. The van der Waals surface area contributed by atoms with Crippen molar-refractivity contribution >= 4 is 23.5 Å². The van der Waals surface area contributed by atoms with Crippen LogP contribution in [0.15, 0.2) is 121 Å². The lowest BCUT2D eigenvalue weighted by Crippen LogP contribution is -2.44. The molecule has 0 saturated carbocycles. The number of Topliss-reactive ketones (excluding diaryl/α,β-unsaturated/α-hetero) is 2. The molecule has 10 nitrogen and oxygen atoms in total. The van der Waals surface area contributed by atoms with E-state index in [9.17, 15) is 39.6 Å². The number of cyclic esters (lactones) is 1. The SMILES string of the molecule is CC(=O)C#Cc1ccccc1.CCCCCc1cc(O)c(-c2cccc(C)c2)c(O)c1C(=O)O.CCCCCc1cc(O)c(-c2cccc(C)c2)c2c1C(=O)OC(CC(C)=O)(c1ccccc1)O2. The molecule has 0 fully saturated rings. The number of ether oxygens (including phenoxy) is 2. The van der Waals surface area contributed by atoms with Crippen LogP contribution in [0, 0.1) is 25.7 Å². The minimum Gasteiger partial charge on any atom is -0.507 e. The Kier molecular flexibility index (Phi) is 18.3. The zero-order valence-corrected chi connectivity index (χ0v) is 39.6. The van der Waals surface area contributed by atoms with E-state index in [1.165, 1.54) is 19.9 Å². The molecule has 352 valence electrons. The fraction of sp³-hybridized carbons (Fsp3) is 0.276. The summed E-state index contributed by atoms with van der Waals surface area (Å²) in [5.74, 6) is 1.44. The largest absolute Gasteiger partial charge is 0.507 e. The highest BCUT2D eigenvalue weighted by atomic mass is 16.7. The van der Waals surface area contributed by atoms with Crippen LogP contribution in [-0.4, -0.2) is 43.9 Å². The number of hydrogen-bond acceptors (Lipinski definition) is 9. The predicted molar refractivity (Wildman–Crippen MR) is 265 cm³/mol. The third kappa shape index (κ3) is 13.3. The van der Waals surface area contributed by atoms with Gasteiger partial charge < -0.3 is 29.9 Å². The number of aryl methyl sites for hydroxylation is 4. The third-order valence-corrected chi connectivity index (χ3v) is 11.2. The van der Waals surface area contributed by atoms with Crippen molar-refractivity contribution in [3.63, 3.8) is 0 Å². The molecule has 1 aliphatic rings. The number of carbonyl (C=O) groups excluding carboxylic acids is 3. The molecule has 1 unspecified atom stereocenters. The molecular formula is C58H60O10. The van der Waals surface area contributed by atoms with Gasteiger partial charge in [-0.3, -0.25) is 9.59 Å². The molecule has 7 rings (SSSR count). The molecule has 10 heteroatoms. The summed E-state index contributed by atoms with van der Waals surface area (Å²) in [6.45, 7) is 10.9. The number of carboxylic acids is 1. The van der Waals surface area contributed by atoms with Crippen molar-refractivity contribution in [3.05, 3.63) is 166 Å². The molecule has 0 bridgehead atoms. The lowest BCUT2D eigenvalue weighted by atomic mass is 9.90. The molecule has 0 saturated heterocycles. The Hall–Kier alpha value is -7.64. The summed E-state index contributed by atoms with van der Waals surface area (Å²) in [6.07, 6.45) is 6.70. The predicted octanol–water partition coefficient (Wildman–Crippen LogP) is 12.6. The van der Waals surface area contributed by atoms with Crippen LogP contribution in [0.3, 0.4) is 0 Å². The van der Waals surface area contributed by atoms with Crippen LogP contribution in [0.5, 0.6) is 23.0 Å². The molecule has 1 atom stereocenters. The summed E-state index contributed by atoms with van der Waals surface area (Å²) in [4.78, 5) is 47.9. The summed E-state index contributed by atoms with van der Waals surface area (Å²) >= 11 is 0. The number of benzene rings is 6. The molecule has 0 radical (unpaired) electrons. The van der Waals surface area contributed by atoms with E-state index >= 15 is 0 Å². The number of aromatic hydroxyl groups is 3. The van der Waals surface area contributed by atoms with Gasteiger partial charge in [0.2, 0.25) is 5.78 Å². The van der Waals surface area contributed by atoms with Crippen molar-refractivity contribution in [2.75, 3.05) is 0 Å². The van der Waals surface area contributed by atoms with Crippen LogP contribution in [0.25, 0.3) is 22.3 Å². The first-order valence-corrected chi connectivity index (χ1v) is 23.0. The van der Waals surface area contributed by atoms with E-state index in [-0.39, 0.29) is 52.1 Å². The summed E-state index contributed by atoms with van der Waals surface area (Å²) in [7, 11) is 0. The summed E-state index contributed by atoms with van der Waals surface area (Å²) in [5.41, 5.74) is 6.71. The molecule has 68 heavy (non-hydrogen) atoms. The Morgan fingerprint density at radius 2 is 1.15 bits per heavy atom. The molecule has 0 amide bonds. The van der Waals surface area contributed by atoms with Crippen molar-refractivity contribution in [1.29, 1.82) is 0 Å². The maximum absolute atomic E-state index is 13.6. The average Bonchev–Trinajstić information content (AvgIpc) is 3.29. The number of esters is 1.